The second kappa shape index (κ2) is 6.53. The van der Waals surface area contributed by atoms with Crippen LogP contribution >= 0.6 is 34.2 Å². The minimum Gasteiger partial charge on any atom is -0.287 e. The van der Waals surface area contributed by atoms with Crippen molar-refractivity contribution in [2.45, 2.75) is 6.54 Å². The van der Waals surface area contributed by atoms with Gasteiger partial charge in [-0.1, -0.05) is 11.6 Å². The molecule has 7 heteroatoms. The molecule has 22 heavy (non-hydrogen) atoms. The summed E-state index contributed by atoms with van der Waals surface area (Å²) in [7, 11) is 0. The first-order valence-corrected chi connectivity index (χ1v) is 7.86. The Bertz CT molecular complexity index is 819. The van der Waals surface area contributed by atoms with Gasteiger partial charge in [-0.05, 0) is 52.4 Å². The maximum absolute atomic E-state index is 12.3. The van der Waals surface area contributed by atoms with Gasteiger partial charge in [0.2, 0.25) is 5.78 Å². The van der Waals surface area contributed by atoms with Crippen molar-refractivity contribution >= 4 is 40.0 Å². The Morgan fingerprint density at radius 3 is 2.77 bits per heavy atom. The van der Waals surface area contributed by atoms with Gasteiger partial charge in [-0.25, -0.2) is 9.97 Å². The van der Waals surface area contributed by atoms with Crippen molar-refractivity contribution in [3.63, 3.8) is 0 Å². The summed E-state index contributed by atoms with van der Waals surface area (Å²) in [6.45, 7) is 0.508. The van der Waals surface area contributed by atoms with Crippen LogP contribution in [0.5, 0.6) is 0 Å². The van der Waals surface area contributed by atoms with Gasteiger partial charge in [-0.3, -0.25) is 9.48 Å². The number of halogens is 2. The largest absolute Gasteiger partial charge is 0.287 e. The fourth-order valence-electron chi connectivity index (χ4n) is 1.97. The fourth-order valence-corrected chi connectivity index (χ4v) is 2.71. The van der Waals surface area contributed by atoms with Crippen molar-refractivity contribution in [2.75, 3.05) is 0 Å². The Morgan fingerprint density at radius 1 is 1.23 bits per heavy atom. The smallest absolute Gasteiger partial charge is 0.216 e. The predicted molar refractivity (Wildman–Crippen MR) is 91.0 cm³/mol. The second-order valence-corrected chi connectivity index (χ2v) is 6.24. The molecule has 3 aromatic rings. The summed E-state index contributed by atoms with van der Waals surface area (Å²) in [6.07, 6.45) is 6.09. The first-order chi connectivity index (χ1) is 10.6. The molecule has 0 spiro atoms. The van der Waals surface area contributed by atoms with Gasteiger partial charge in [0.25, 0.3) is 0 Å². The van der Waals surface area contributed by atoms with Gasteiger partial charge in [-0.15, -0.1) is 0 Å². The lowest BCUT2D eigenvalue weighted by Gasteiger charge is -2.05. The molecule has 1 aromatic carbocycles. The number of aromatic nitrogens is 4. The van der Waals surface area contributed by atoms with Gasteiger partial charge < -0.3 is 0 Å². The van der Waals surface area contributed by atoms with E-state index in [1.165, 1.54) is 18.7 Å². The van der Waals surface area contributed by atoms with Crippen LogP contribution < -0.4 is 0 Å². The molecule has 2 heterocycles. The first-order valence-electron chi connectivity index (χ1n) is 6.40. The molecule has 0 radical (unpaired) electrons. The third kappa shape index (κ3) is 3.33. The van der Waals surface area contributed by atoms with Crippen molar-refractivity contribution < 1.29 is 4.79 Å². The lowest BCUT2D eigenvalue weighted by molar-refractivity contribution is 0.103. The van der Waals surface area contributed by atoms with Crippen molar-refractivity contribution in [3.05, 3.63) is 74.6 Å². The quantitative estimate of drug-likeness (QED) is 0.477. The van der Waals surface area contributed by atoms with Crippen LogP contribution in [0.2, 0.25) is 5.02 Å². The Kier molecular flexibility index (Phi) is 4.49. The number of hydrogen-bond acceptors (Lipinski definition) is 4. The molecule has 0 aliphatic rings. The molecule has 3 rings (SSSR count). The molecule has 0 saturated heterocycles. The molecule has 0 fully saturated rings. The van der Waals surface area contributed by atoms with Crippen LogP contribution in [-0.2, 0) is 6.54 Å². The predicted octanol–water partition coefficient (Wildman–Crippen LogP) is 3.21. The zero-order valence-corrected chi connectivity index (χ0v) is 14.2. The maximum atomic E-state index is 12.3. The van der Waals surface area contributed by atoms with Gasteiger partial charge in [0.05, 0.1) is 12.1 Å². The van der Waals surface area contributed by atoms with E-state index in [-0.39, 0.29) is 5.78 Å². The molecule has 0 aliphatic heterocycles. The normalized spacial score (nSPS) is 10.6. The van der Waals surface area contributed by atoms with Crippen molar-refractivity contribution in [1.82, 2.24) is 19.7 Å². The third-order valence-corrected chi connectivity index (χ3v) is 4.08. The molecular weight excluding hydrogens is 415 g/mol. The summed E-state index contributed by atoms with van der Waals surface area (Å²) in [4.78, 5) is 19.9. The summed E-state index contributed by atoms with van der Waals surface area (Å²) < 4.78 is 2.79. The molecule has 110 valence electrons. The number of hydrogen-bond donors (Lipinski definition) is 0. The maximum Gasteiger partial charge on any atom is 0.216 e. The lowest BCUT2D eigenvalue weighted by atomic mass is 10.2. The van der Waals surface area contributed by atoms with E-state index >= 15 is 0 Å². The topological polar surface area (TPSA) is 60.7 Å². The van der Waals surface area contributed by atoms with Gasteiger partial charge >= 0.3 is 0 Å². The van der Waals surface area contributed by atoms with Crippen LogP contribution in [0.3, 0.4) is 0 Å². The minimum absolute atomic E-state index is 0.201. The van der Waals surface area contributed by atoms with Crippen molar-refractivity contribution in [1.29, 1.82) is 0 Å². The molecule has 0 aliphatic carbocycles. The highest BCUT2D eigenvalue weighted by atomic mass is 127. The van der Waals surface area contributed by atoms with E-state index in [1.54, 1.807) is 16.9 Å². The van der Waals surface area contributed by atoms with E-state index in [2.05, 4.69) is 37.7 Å². The summed E-state index contributed by atoms with van der Waals surface area (Å²) in [5.74, 6) is -0.201. The fraction of sp³-hybridized carbons (Fsp3) is 0.0667. The highest BCUT2D eigenvalue weighted by molar-refractivity contribution is 14.1. The number of carbonyl (C=O) groups is 1. The van der Waals surface area contributed by atoms with E-state index in [4.69, 9.17) is 11.6 Å². The minimum atomic E-state index is -0.201. The molecular formula is C15H10ClIN4O. The third-order valence-electron chi connectivity index (χ3n) is 3.04. The van der Waals surface area contributed by atoms with Crippen molar-refractivity contribution in [3.8, 4) is 0 Å². The highest BCUT2D eigenvalue weighted by Crippen LogP contribution is 2.20. The van der Waals surface area contributed by atoms with E-state index < -0.39 is 0 Å². The highest BCUT2D eigenvalue weighted by Gasteiger charge is 2.13. The number of rotatable bonds is 4. The average molecular weight is 425 g/mol. The van der Waals surface area contributed by atoms with Gasteiger partial charge in [-0.2, -0.15) is 5.10 Å². The van der Waals surface area contributed by atoms with E-state index in [1.807, 2.05) is 18.2 Å². The van der Waals surface area contributed by atoms with Crippen molar-refractivity contribution in [2.24, 2.45) is 0 Å². The molecule has 0 bridgehead atoms. The van der Waals surface area contributed by atoms with Crippen LogP contribution in [0.4, 0.5) is 0 Å². The Morgan fingerprint density at radius 2 is 2.00 bits per heavy atom. The van der Waals surface area contributed by atoms with Gasteiger partial charge in [0.15, 0.2) is 0 Å². The monoisotopic (exact) mass is 424 g/mol. The molecule has 0 amide bonds. The number of ketones is 1. The first kappa shape index (κ1) is 15.1. The molecule has 0 unspecified atom stereocenters. The Balaban J connectivity index is 1.82. The lowest BCUT2D eigenvalue weighted by Crippen LogP contribution is -2.06. The van der Waals surface area contributed by atoms with Crippen LogP contribution in [0.25, 0.3) is 0 Å². The van der Waals surface area contributed by atoms with Gasteiger partial charge in [0, 0.05) is 27.2 Å². The summed E-state index contributed by atoms with van der Waals surface area (Å²) in [5.41, 5.74) is 1.73. The zero-order chi connectivity index (χ0) is 15.5. The van der Waals surface area contributed by atoms with E-state index in [9.17, 15) is 4.79 Å². The number of carbonyl (C=O) groups excluding carboxylic acids is 1. The van der Waals surface area contributed by atoms with Gasteiger partial charge in [0.1, 0.15) is 12.0 Å². The van der Waals surface area contributed by atoms with Crippen LogP contribution in [0.1, 0.15) is 21.6 Å². The standard InChI is InChI=1S/C15H10ClIN4O/c16-13-2-1-12(17)5-10(13)8-21-4-3-14(20-21)15(22)11-6-18-9-19-7-11/h1-7,9H,8H2. The van der Waals surface area contributed by atoms with Crippen LogP contribution in [0, 0.1) is 3.57 Å². The molecule has 0 atom stereocenters. The van der Waals surface area contributed by atoms with Crippen LogP contribution in [-0.4, -0.2) is 25.5 Å². The average Bonchev–Trinajstić information content (AvgIpc) is 2.99. The zero-order valence-electron chi connectivity index (χ0n) is 11.3. The summed E-state index contributed by atoms with van der Waals surface area (Å²) >= 11 is 8.42. The molecule has 0 N–H and O–H groups in total. The molecule has 2 aromatic heterocycles. The number of benzene rings is 1. The van der Waals surface area contributed by atoms with Crippen LogP contribution in [0.15, 0.2) is 49.2 Å². The second-order valence-electron chi connectivity index (χ2n) is 4.59. The summed E-state index contributed by atoms with van der Waals surface area (Å²) in [5, 5.41) is 4.98. The van der Waals surface area contributed by atoms with E-state index in [0.29, 0.717) is 22.8 Å². The molecule has 5 nitrogen and oxygen atoms in total. The Hall–Kier alpha value is -1.80. The summed E-state index contributed by atoms with van der Waals surface area (Å²) in [6, 6.07) is 7.48. The number of nitrogens with zero attached hydrogens (tertiary/aromatic N) is 4. The SMILES string of the molecule is O=C(c1cncnc1)c1ccn(Cc2cc(I)ccc2Cl)n1. The van der Waals surface area contributed by atoms with E-state index in [0.717, 1.165) is 9.13 Å². The molecule has 0 saturated carbocycles. The Labute approximate surface area is 145 Å².